The first-order chi connectivity index (χ1) is 10.7. The van der Waals surface area contributed by atoms with Crippen LogP contribution in [0.4, 0.5) is 13.2 Å². The smallest absolute Gasteiger partial charge is 0.466 e. The minimum atomic E-state index is -4.92. The first-order valence-corrected chi connectivity index (χ1v) is 7.04. The zero-order valence-corrected chi connectivity index (χ0v) is 12.6. The van der Waals surface area contributed by atoms with Crippen molar-refractivity contribution < 1.29 is 32.3 Å². The molecule has 1 fully saturated rings. The Morgan fingerprint density at radius 2 is 1.87 bits per heavy atom. The second-order valence-electron chi connectivity index (χ2n) is 4.93. The summed E-state index contributed by atoms with van der Waals surface area (Å²) in [5.74, 6) is -3.29. The highest BCUT2D eigenvalue weighted by Crippen LogP contribution is 2.23. The largest absolute Gasteiger partial charge is 0.471 e. The van der Waals surface area contributed by atoms with Gasteiger partial charge >= 0.3 is 18.1 Å². The van der Waals surface area contributed by atoms with E-state index in [0.29, 0.717) is 4.90 Å². The van der Waals surface area contributed by atoms with Crippen LogP contribution >= 0.6 is 0 Å². The van der Waals surface area contributed by atoms with E-state index in [4.69, 9.17) is 5.41 Å². The van der Waals surface area contributed by atoms with E-state index in [1.807, 2.05) is 0 Å². The SMILES string of the molecule is CCOC(=O)CC(=O)N(C=N)C1CCN(C(=O)C(F)(F)F)CC1. The average molecular weight is 337 g/mol. The first kappa shape index (κ1) is 18.9. The van der Waals surface area contributed by atoms with Crippen molar-refractivity contribution in [2.24, 2.45) is 0 Å². The number of halogens is 3. The molecule has 1 saturated heterocycles. The standard InChI is InChI=1S/C13H18F3N3O4/c1-2-23-11(21)7-10(20)19(8-17)9-3-5-18(6-4-9)12(22)13(14,15)16/h8-9,17H,2-7H2,1H3. The maximum absolute atomic E-state index is 12.4. The topological polar surface area (TPSA) is 90.8 Å². The quantitative estimate of drug-likeness (QED) is 0.350. The fraction of sp³-hybridized carbons (Fsp3) is 0.692. The third-order valence-corrected chi connectivity index (χ3v) is 3.42. The van der Waals surface area contributed by atoms with Crippen LogP contribution in [0.1, 0.15) is 26.2 Å². The number of hydrogen-bond donors (Lipinski definition) is 1. The predicted molar refractivity (Wildman–Crippen MR) is 72.5 cm³/mol. The molecule has 10 heteroatoms. The lowest BCUT2D eigenvalue weighted by molar-refractivity contribution is -0.186. The van der Waals surface area contributed by atoms with Crippen molar-refractivity contribution in [1.82, 2.24) is 9.80 Å². The second kappa shape index (κ2) is 7.93. The second-order valence-corrected chi connectivity index (χ2v) is 4.93. The molecule has 1 aliphatic rings. The molecule has 0 aromatic rings. The van der Waals surface area contributed by atoms with Gasteiger partial charge in [0.05, 0.1) is 12.9 Å². The summed E-state index contributed by atoms with van der Waals surface area (Å²) in [5, 5.41) is 7.27. The molecule has 7 nitrogen and oxygen atoms in total. The van der Waals surface area contributed by atoms with E-state index in [2.05, 4.69) is 4.74 Å². The number of likely N-dealkylation sites (tertiary alicyclic amines) is 1. The summed E-state index contributed by atoms with van der Waals surface area (Å²) in [4.78, 5) is 36.0. The molecule has 1 N–H and O–H groups in total. The summed E-state index contributed by atoms with van der Waals surface area (Å²) >= 11 is 0. The molecule has 0 unspecified atom stereocenters. The number of hydrogen-bond acceptors (Lipinski definition) is 5. The Bertz CT molecular complexity index is 474. The number of carbonyl (C=O) groups is 3. The number of ether oxygens (including phenoxy) is 1. The predicted octanol–water partition coefficient (Wildman–Crippen LogP) is 0.929. The number of rotatable bonds is 5. The Labute approximate surface area is 130 Å². The monoisotopic (exact) mass is 337 g/mol. The Balaban J connectivity index is 2.60. The van der Waals surface area contributed by atoms with Crippen molar-refractivity contribution in [3.05, 3.63) is 0 Å². The molecule has 23 heavy (non-hydrogen) atoms. The normalized spacial score (nSPS) is 15.9. The average Bonchev–Trinajstić information content (AvgIpc) is 2.47. The molecule has 0 saturated carbocycles. The lowest BCUT2D eigenvalue weighted by atomic mass is 10.0. The minimum absolute atomic E-state index is 0.103. The lowest BCUT2D eigenvalue weighted by Gasteiger charge is -2.36. The molecule has 130 valence electrons. The zero-order chi connectivity index (χ0) is 17.6. The molecule has 0 spiro atoms. The summed E-state index contributed by atoms with van der Waals surface area (Å²) < 4.78 is 41.7. The Kier molecular flexibility index (Phi) is 6.52. The Morgan fingerprint density at radius 1 is 1.30 bits per heavy atom. The fourth-order valence-electron chi connectivity index (χ4n) is 2.33. The van der Waals surface area contributed by atoms with Crippen molar-refractivity contribution in [2.75, 3.05) is 19.7 Å². The van der Waals surface area contributed by atoms with Crippen LogP contribution in [0.2, 0.25) is 0 Å². The molecule has 0 aliphatic carbocycles. The van der Waals surface area contributed by atoms with Crippen LogP contribution in [0.5, 0.6) is 0 Å². The van der Waals surface area contributed by atoms with Gasteiger partial charge in [0.2, 0.25) is 5.91 Å². The molecule has 2 amide bonds. The van der Waals surface area contributed by atoms with Gasteiger partial charge in [-0.1, -0.05) is 0 Å². The van der Waals surface area contributed by atoms with E-state index < -0.39 is 36.4 Å². The van der Waals surface area contributed by atoms with Gasteiger partial charge in [-0.25, -0.2) is 0 Å². The molecule has 0 aromatic heterocycles. The zero-order valence-electron chi connectivity index (χ0n) is 12.6. The van der Waals surface area contributed by atoms with Gasteiger partial charge < -0.3 is 9.64 Å². The van der Waals surface area contributed by atoms with Crippen molar-refractivity contribution in [1.29, 1.82) is 5.41 Å². The molecular formula is C13H18F3N3O4. The summed E-state index contributed by atoms with van der Waals surface area (Å²) in [6.07, 6.45) is -4.51. The molecule has 0 atom stereocenters. The number of nitrogens with one attached hydrogen (secondary N) is 1. The van der Waals surface area contributed by atoms with Crippen molar-refractivity contribution in [3.8, 4) is 0 Å². The van der Waals surface area contributed by atoms with Crippen LogP contribution in [-0.4, -0.2) is 65.8 Å². The molecule has 1 rings (SSSR count). The summed E-state index contributed by atoms with van der Waals surface area (Å²) in [6.45, 7) is 1.37. The summed E-state index contributed by atoms with van der Waals surface area (Å²) in [5.41, 5.74) is 0. The van der Waals surface area contributed by atoms with Crippen molar-refractivity contribution in [3.63, 3.8) is 0 Å². The van der Waals surface area contributed by atoms with E-state index in [9.17, 15) is 27.6 Å². The van der Waals surface area contributed by atoms with Gasteiger partial charge in [0.25, 0.3) is 0 Å². The van der Waals surface area contributed by atoms with Gasteiger partial charge in [0, 0.05) is 19.1 Å². The number of piperidine rings is 1. The molecule has 0 aromatic carbocycles. The van der Waals surface area contributed by atoms with Crippen LogP contribution in [0.3, 0.4) is 0 Å². The van der Waals surface area contributed by atoms with Gasteiger partial charge in [-0.3, -0.25) is 24.7 Å². The van der Waals surface area contributed by atoms with Crippen molar-refractivity contribution in [2.45, 2.75) is 38.4 Å². The number of esters is 1. The first-order valence-electron chi connectivity index (χ1n) is 7.04. The number of alkyl halides is 3. The molecule has 0 bridgehead atoms. The fourth-order valence-corrected chi connectivity index (χ4v) is 2.33. The molecule has 0 radical (unpaired) electrons. The maximum atomic E-state index is 12.4. The van der Waals surface area contributed by atoms with Crippen LogP contribution in [0, 0.1) is 5.41 Å². The molecule has 1 aliphatic heterocycles. The van der Waals surface area contributed by atoms with E-state index in [-0.39, 0.29) is 32.5 Å². The highest BCUT2D eigenvalue weighted by atomic mass is 19.4. The van der Waals surface area contributed by atoms with Crippen LogP contribution < -0.4 is 0 Å². The van der Waals surface area contributed by atoms with E-state index in [1.165, 1.54) is 0 Å². The third-order valence-electron chi connectivity index (χ3n) is 3.42. The Morgan fingerprint density at radius 3 is 2.30 bits per heavy atom. The highest BCUT2D eigenvalue weighted by molar-refractivity contribution is 5.99. The van der Waals surface area contributed by atoms with Gasteiger partial charge in [0.1, 0.15) is 6.42 Å². The lowest BCUT2D eigenvalue weighted by Crippen LogP contribution is -2.51. The van der Waals surface area contributed by atoms with E-state index in [1.54, 1.807) is 6.92 Å². The van der Waals surface area contributed by atoms with Crippen LogP contribution in [0.15, 0.2) is 0 Å². The molecule has 1 heterocycles. The number of amides is 2. The van der Waals surface area contributed by atoms with Gasteiger partial charge in [-0.15, -0.1) is 0 Å². The summed E-state index contributed by atoms with van der Waals surface area (Å²) in [6, 6.07) is -0.522. The minimum Gasteiger partial charge on any atom is -0.466 e. The van der Waals surface area contributed by atoms with Crippen LogP contribution in [-0.2, 0) is 19.1 Å². The maximum Gasteiger partial charge on any atom is 0.471 e. The molecular weight excluding hydrogens is 319 g/mol. The van der Waals surface area contributed by atoms with E-state index in [0.717, 1.165) is 11.2 Å². The van der Waals surface area contributed by atoms with Gasteiger partial charge in [-0.2, -0.15) is 13.2 Å². The third kappa shape index (κ3) is 5.22. The van der Waals surface area contributed by atoms with Gasteiger partial charge in [-0.05, 0) is 19.8 Å². The summed E-state index contributed by atoms with van der Waals surface area (Å²) in [7, 11) is 0. The van der Waals surface area contributed by atoms with Crippen LogP contribution in [0.25, 0.3) is 0 Å². The van der Waals surface area contributed by atoms with Gasteiger partial charge in [0.15, 0.2) is 0 Å². The van der Waals surface area contributed by atoms with Crippen molar-refractivity contribution >= 4 is 24.1 Å². The number of carbonyl (C=O) groups excluding carboxylic acids is 3. The highest BCUT2D eigenvalue weighted by Gasteiger charge is 2.43. The number of nitrogens with zero attached hydrogens (tertiary/aromatic N) is 2. The Hall–Kier alpha value is -2.13. The van der Waals surface area contributed by atoms with E-state index >= 15 is 0 Å².